The van der Waals surface area contributed by atoms with Crippen LogP contribution in [0.4, 0.5) is 5.69 Å². The number of nitrogens with one attached hydrogen (secondary N) is 1. The van der Waals surface area contributed by atoms with Gasteiger partial charge in [0.1, 0.15) is 11.7 Å². The molecule has 4 N–H and O–H groups in total. The molecule has 1 unspecified atom stereocenters. The van der Waals surface area contributed by atoms with Gasteiger partial charge in [-0.3, -0.25) is 9.59 Å². The Balaban J connectivity index is 1.37. The van der Waals surface area contributed by atoms with Gasteiger partial charge < -0.3 is 20.6 Å². The number of Topliss-reactive ketones (excluding diaryl/α,β-unsaturated/α-hetero) is 1. The summed E-state index contributed by atoms with van der Waals surface area (Å²) in [4.78, 5) is 26.2. The Bertz CT molecular complexity index is 1140. The zero-order chi connectivity index (χ0) is 22.0. The predicted molar refractivity (Wildman–Crippen MR) is 119 cm³/mol. The maximum atomic E-state index is 12.7. The van der Waals surface area contributed by atoms with Gasteiger partial charge in [0.2, 0.25) is 5.91 Å². The third-order valence-corrected chi connectivity index (χ3v) is 6.40. The Labute approximate surface area is 183 Å². The fraction of sp³-hybridized carbons (Fsp3) is 0.167. The minimum atomic E-state index is -0.804. The van der Waals surface area contributed by atoms with Gasteiger partial charge in [0.15, 0.2) is 17.3 Å². The monoisotopic (exact) mass is 435 g/mol. The molecular weight excluding hydrogens is 414 g/mol. The molecule has 4 rings (SSSR count). The summed E-state index contributed by atoms with van der Waals surface area (Å²) in [6.45, 7) is 0. The molecule has 0 radical (unpaired) electrons. The zero-order valence-corrected chi connectivity index (χ0v) is 17.4. The van der Waals surface area contributed by atoms with Gasteiger partial charge in [-0.25, -0.2) is 0 Å². The Morgan fingerprint density at radius 2 is 1.61 bits per heavy atom. The van der Waals surface area contributed by atoms with Crippen LogP contribution in [0.1, 0.15) is 21.5 Å². The number of phenolic OH excluding ortho intramolecular Hbond substituents is 3. The van der Waals surface area contributed by atoms with Crippen molar-refractivity contribution in [2.24, 2.45) is 5.92 Å². The molecule has 0 bridgehead atoms. The van der Waals surface area contributed by atoms with Crippen LogP contribution >= 0.6 is 11.8 Å². The van der Waals surface area contributed by atoms with Crippen molar-refractivity contribution < 1.29 is 24.9 Å². The third kappa shape index (κ3) is 4.67. The van der Waals surface area contributed by atoms with Crippen LogP contribution in [-0.4, -0.2) is 32.8 Å². The topological polar surface area (TPSA) is 107 Å². The van der Waals surface area contributed by atoms with Gasteiger partial charge in [0, 0.05) is 21.9 Å². The number of thioether (sulfide) groups is 1. The number of fused-ring (bicyclic) bond motifs is 1. The first-order chi connectivity index (χ1) is 14.9. The number of rotatable bonds is 5. The van der Waals surface area contributed by atoms with Crippen molar-refractivity contribution in [1.82, 2.24) is 0 Å². The fourth-order valence-electron chi connectivity index (χ4n) is 3.46. The summed E-state index contributed by atoms with van der Waals surface area (Å²) in [6.07, 6.45) is 1.43. The molecular formula is C24H21NO5S. The summed E-state index contributed by atoms with van der Waals surface area (Å²) in [5.74, 6) is -1.36. The lowest BCUT2D eigenvalue weighted by Gasteiger charge is -2.22. The first-order valence-electron chi connectivity index (χ1n) is 9.81. The summed E-state index contributed by atoms with van der Waals surface area (Å²) in [7, 11) is 0. The van der Waals surface area contributed by atoms with Crippen LogP contribution in [0.5, 0.6) is 17.2 Å². The van der Waals surface area contributed by atoms with Gasteiger partial charge in [-0.15, -0.1) is 11.8 Å². The second-order valence-corrected chi connectivity index (χ2v) is 8.48. The Morgan fingerprint density at radius 1 is 0.903 bits per heavy atom. The molecule has 0 saturated heterocycles. The van der Waals surface area contributed by atoms with E-state index in [4.69, 9.17) is 0 Å². The van der Waals surface area contributed by atoms with Crippen LogP contribution in [0.2, 0.25) is 0 Å². The van der Waals surface area contributed by atoms with Crippen LogP contribution < -0.4 is 5.32 Å². The summed E-state index contributed by atoms with van der Waals surface area (Å²) in [5, 5.41) is 31.4. The lowest BCUT2D eigenvalue weighted by molar-refractivity contribution is -0.118. The number of aryl methyl sites for hydroxylation is 2. The number of ketones is 1. The molecule has 3 aromatic rings. The second kappa shape index (κ2) is 8.73. The quantitative estimate of drug-likeness (QED) is 0.355. The maximum Gasteiger partial charge on any atom is 0.236 e. The van der Waals surface area contributed by atoms with E-state index >= 15 is 0 Å². The average Bonchev–Trinajstić information content (AvgIpc) is 2.76. The van der Waals surface area contributed by atoms with E-state index in [0.717, 1.165) is 22.4 Å². The molecule has 0 aliphatic carbocycles. The van der Waals surface area contributed by atoms with E-state index in [1.807, 2.05) is 12.1 Å². The number of carbonyl (C=O) groups excluding carboxylic acids is 2. The number of aromatic hydroxyl groups is 3. The first kappa shape index (κ1) is 20.8. The highest BCUT2D eigenvalue weighted by atomic mass is 32.2. The highest BCUT2D eigenvalue weighted by Gasteiger charge is 2.33. The van der Waals surface area contributed by atoms with Crippen molar-refractivity contribution in [3.63, 3.8) is 0 Å². The number of hydrogen-bond donors (Lipinski definition) is 4. The standard InChI is InChI=1S/C24H21NO5S/c26-17-8-10-22-18(12-17)23(29)19(13-31-22)24(30)25-16-6-3-14(4-7-16)1-2-15-5-9-20(27)21(28)11-15/h3-12,19,26-28H,1-2,13H2,(H,25,30). The molecule has 158 valence electrons. The summed E-state index contributed by atoms with van der Waals surface area (Å²) in [5.41, 5.74) is 2.95. The van der Waals surface area contributed by atoms with Gasteiger partial charge >= 0.3 is 0 Å². The first-order valence-corrected chi connectivity index (χ1v) is 10.8. The zero-order valence-electron chi connectivity index (χ0n) is 16.5. The molecule has 1 aliphatic heterocycles. The highest BCUT2D eigenvalue weighted by Crippen LogP contribution is 2.35. The molecule has 1 heterocycles. The van der Waals surface area contributed by atoms with E-state index in [1.165, 1.54) is 30.0 Å². The van der Waals surface area contributed by atoms with Gasteiger partial charge in [0.05, 0.1) is 0 Å². The molecule has 6 nitrogen and oxygen atoms in total. The normalized spacial score (nSPS) is 15.4. The highest BCUT2D eigenvalue weighted by molar-refractivity contribution is 7.99. The Morgan fingerprint density at radius 3 is 2.35 bits per heavy atom. The lowest BCUT2D eigenvalue weighted by Crippen LogP contribution is -2.34. The predicted octanol–water partition coefficient (Wildman–Crippen LogP) is 4.13. The van der Waals surface area contributed by atoms with Crippen LogP contribution in [0.3, 0.4) is 0 Å². The van der Waals surface area contributed by atoms with Crippen molar-refractivity contribution in [1.29, 1.82) is 0 Å². The number of amides is 1. The van der Waals surface area contributed by atoms with Crippen molar-refractivity contribution in [2.45, 2.75) is 17.7 Å². The number of carbonyl (C=O) groups is 2. The van der Waals surface area contributed by atoms with Gasteiger partial charge in [0.25, 0.3) is 0 Å². The molecule has 0 aromatic heterocycles. The largest absolute Gasteiger partial charge is 0.508 e. The molecule has 0 saturated carbocycles. The molecule has 1 amide bonds. The molecule has 1 aliphatic rings. The fourth-order valence-corrected chi connectivity index (χ4v) is 4.59. The molecule has 31 heavy (non-hydrogen) atoms. The van der Waals surface area contributed by atoms with Gasteiger partial charge in [-0.2, -0.15) is 0 Å². The summed E-state index contributed by atoms with van der Waals surface area (Å²) >= 11 is 1.43. The Kier molecular flexibility index (Phi) is 5.86. The molecule has 3 aromatic carbocycles. The van der Waals surface area contributed by atoms with Crippen molar-refractivity contribution >= 4 is 29.1 Å². The van der Waals surface area contributed by atoms with Crippen LogP contribution in [0.25, 0.3) is 0 Å². The van der Waals surface area contributed by atoms with Crippen LogP contribution in [-0.2, 0) is 17.6 Å². The van der Waals surface area contributed by atoms with E-state index < -0.39 is 5.92 Å². The lowest BCUT2D eigenvalue weighted by atomic mass is 9.97. The number of anilines is 1. The van der Waals surface area contributed by atoms with E-state index in [1.54, 1.807) is 30.3 Å². The number of hydrogen-bond acceptors (Lipinski definition) is 6. The smallest absolute Gasteiger partial charge is 0.236 e. The minimum Gasteiger partial charge on any atom is -0.508 e. The minimum absolute atomic E-state index is 0.00635. The summed E-state index contributed by atoms with van der Waals surface area (Å²) < 4.78 is 0. The number of phenols is 3. The molecule has 0 fully saturated rings. The van der Waals surface area contributed by atoms with Crippen LogP contribution in [0, 0.1) is 5.92 Å². The molecule has 1 atom stereocenters. The van der Waals surface area contributed by atoms with Gasteiger partial charge in [-0.05, 0) is 66.4 Å². The Hall–Kier alpha value is -3.45. The van der Waals surface area contributed by atoms with Gasteiger partial charge in [-0.1, -0.05) is 18.2 Å². The third-order valence-electron chi connectivity index (χ3n) is 5.23. The van der Waals surface area contributed by atoms with Crippen molar-refractivity contribution in [2.75, 3.05) is 11.1 Å². The maximum absolute atomic E-state index is 12.7. The van der Waals surface area contributed by atoms with Crippen molar-refractivity contribution in [3.05, 3.63) is 77.4 Å². The summed E-state index contributed by atoms with van der Waals surface area (Å²) in [6, 6.07) is 16.8. The van der Waals surface area contributed by atoms with Crippen molar-refractivity contribution in [3.8, 4) is 17.2 Å². The van der Waals surface area contributed by atoms with E-state index in [9.17, 15) is 24.9 Å². The SMILES string of the molecule is O=C(Nc1ccc(CCc2ccc(O)c(O)c2)cc1)C1CSc2ccc(O)cc2C1=O. The van der Waals surface area contributed by atoms with E-state index in [-0.39, 0.29) is 28.9 Å². The number of benzene rings is 3. The molecule has 7 heteroatoms. The molecule has 0 spiro atoms. The van der Waals surface area contributed by atoms with E-state index in [2.05, 4.69) is 5.32 Å². The van der Waals surface area contributed by atoms with E-state index in [0.29, 0.717) is 23.4 Å². The van der Waals surface area contributed by atoms with Crippen LogP contribution in [0.15, 0.2) is 65.6 Å². The average molecular weight is 436 g/mol. The second-order valence-electron chi connectivity index (χ2n) is 7.42.